The summed E-state index contributed by atoms with van der Waals surface area (Å²) in [4.78, 5) is 12.5. The third kappa shape index (κ3) is 2.67. The van der Waals surface area contributed by atoms with Crippen molar-refractivity contribution in [3.05, 3.63) is 33.9 Å². The van der Waals surface area contributed by atoms with Gasteiger partial charge in [0.1, 0.15) is 0 Å². The van der Waals surface area contributed by atoms with Crippen LogP contribution in [-0.2, 0) is 0 Å². The van der Waals surface area contributed by atoms with E-state index in [0.717, 1.165) is 11.1 Å². The van der Waals surface area contributed by atoms with Gasteiger partial charge in [-0.15, -0.1) is 0 Å². The zero-order chi connectivity index (χ0) is 13.3. The number of hydrogen-bond donors (Lipinski definition) is 0. The third-order valence-corrected chi connectivity index (χ3v) is 5.77. The lowest BCUT2D eigenvalue weighted by molar-refractivity contribution is 0.108. The molecule has 0 N–H and O–H groups in total. The standard InChI is InChI=1S/C16H23OP/c1-10-9-11(2)15(13(4)12(10)3)16(17)18-14-7-5-6-8-14/h9,14,18H,5-8H2,1-4H3. The van der Waals surface area contributed by atoms with Gasteiger partial charge in [0.15, 0.2) is 5.52 Å². The maximum atomic E-state index is 12.5. The second-order valence-electron chi connectivity index (χ2n) is 5.59. The fourth-order valence-electron chi connectivity index (χ4n) is 2.96. The molecule has 0 amide bonds. The molecule has 1 aromatic rings. The minimum absolute atomic E-state index is 0.389. The molecule has 1 aliphatic carbocycles. The van der Waals surface area contributed by atoms with Crippen molar-refractivity contribution >= 4 is 14.1 Å². The molecule has 0 aromatic heterocycles. The lowest BCUT2D eigenvalue weighted by atomic mass is 9.95. The summed E-state index contributed by atoms with van der Waals surface area (Å²) in [5.41, 5.74) is 6.99. The van der Waals surface area contributed by atoms with Gasteiger partial charge in [0, 0.05) is 5.56 Å². The van der Waals surface area contributed by atoms with E-state index in [4.69, 9.17) is 0 Å². The highest BCUT2D eigenvalue weighted by atomic mass is 31.1. The van der Waals surface area contributed by atoms with Crippen LogP contribution < -0.4 is 0 Å². The number of benzene rings is 1. The largest absolute Gasteiger partial charge is 0.289 e. The monoisotopic (exact) mass is 262 g/mol. The van der Waals surface area contributed by atoms with E-state index in [1.54, 1.807) is 0 Å². The molecule has 0 aliphatic heterocycles. The molecular weight excluding hydrogens is 239 g/mol. The van der Waals surface area contributed by atoms with E-state index in [2.05, 4.69) is 33.8 Å². The van der Waals surface area contributed by atoms with Gasteiger partial charge in [-0.3, -0.25) is 4.79 Å². The Kier molecular flexibility index (Phi) is 4.22. The number of aryl methyl sites for hydroxylation is 2. The van der Waals surface area contributed by atoms with Crippen LogP contribution in [0.1, 0.15) is 58.3 Å². The highest BCUT2D eigenvalue weighted by Gasteiger charge is 2.22. The second kappa shape index (κ2) is 5.53. The average Bonchev–Trinajstić information content (AvgIpc) is 2.78. The van der Waals surface area contributed by atoms with Gasteiger partial charge in [-0.1, -0.05) is 18.9 Å². The lowest BCUT2D eigenvalue weighted by Crippen LogP contribution is -2.06. The summed E-state index contributed by atoms with van der Waals surface area (Å²) < 4.78 is 0. The number of rotatable bonds is 3. The van der Waals surface area contributed by atoms with Gasteiger partial charge in [-0.2, -0.15) is 0 Å². The number of hydrogen-bond acceptors (Lipinski definition) is 1. The first-order valence-electron chi connectivity index (χ1n) is 6.89. The van der Waals surface area contributed by atoms with Crippen LogP contribution in [0, 0.1) is 27.7 Å². The van der Waals surface area contributed by atoms with Crippen molar-refractivity contribution in [2.24, 2.45) is 0 Å². The Hall–Kier alpha value is -0.680. The highest BCUT2D eigenvalue weighted by molar-refractivity contribution is 7.59. The lowest BCUT2D eigenvalue weighted by Gasteiger charge is -2.16. The van der Waals surface area contributed by atoms with Crippen LogP contribution in [0.5, 0.6) is 0 Å². The molecule has 1 aromatic carbocycles. The first kappa shape index (κ1) is 13.7. The quantitative estimate of drug-likeness (QED) is 0.723. The Morgan fingerprint density at radius 1 is 1.06 bits per heavy atom. The Morgan fingerprint density at radius 3 is 2.28 bits per heavy atom. The molecule has 2 rings (SSSR count). The minimum Gasteiger partial charge on any atom is -0.289 e. The van der Waals surface area contributed by atoms with Crippen molar-refractivity contribution in [2.45, 2.75) is 59.0 Å². The van der Waals surface area contributed by atoms with E-state index >= 15 is 0 Å². The second-order valence-corrected chi connectivity index (χ2v) is 7.15. The summed E-state index contributed by atoms with van der Waals surface area (Å²) in [6, 6.07) is 2.16. The molecule has 0 bridgehead atoms. The molecule has 1 unspecified atom stereocenters. The normalized spacial score (nSPS) is 16.9. The van der Waals surface area contributed by atoms with Gasteiger partial charge < -0.3 is 0 Å². The molecule has 0 heterocycles. The summed E-state index contributed by atoms with van der Waals surface area (Å²) in [5.74, 6) is 0. The maximum absolute atomic E-state index is 12.5. The van der Waals surface area contributed by atoms with Crippen LogP contribution in [-0.4, -0.2) is 11.2 Å². The molecule has 18 heavy (non-hydrogen) atoms. The van der Waals surface area contributed by atoms with Crippen LogP contribution in [0.2, 0.25) is 0 Å². The van der Waals surface area contributed by atoms with Crippen molar-refractivity contribution in [2.75, 3.05) is 0 Å². The summed E-state index contributed by atoms with van der Waals surface area (Å²) in [6.45, 7) is 8.43. The molecule has 1 atom stereocenters. The van der Waals surface area contributed by atoms with Crippen molar-refractivity contribution in [1.29, 1.82) is 0 Å². The van der Waals surface area contributed by atoms with E-state index in [-0.39, 0.29) is 0 Å². The SMILES string of the molecule is Cc1cc(C)c(C(=O)PC2CCCC2)c(C)c1C. The Morgan fingerprint density at radius 2 is 1.67 bits per heavy atom. The Labute approximate surface area is 112 Å². The number of carbonyl (C=O) groups excluding carboxylic acids is 1. The molecule has 1 aliphatic rings. The van der Waals surface area contributed by atoms with E-state index < -0.39 is 0 Å². The van der Waals surface area contributed by atoms with Gasteiger partial charge in [-0.05, 0) is 77.0 Å². The van der Waals surface area contributed by atoms with Crippen molar-refractivity contribution in [1.82, 2.24) is 0 Å². The van der Waals surface area contributed by atoms with Crippen molar-refractivity contribution in [3.63, 3.8) is 0 Å². The van der Waals surface area contributed by atoms with Gasteiger partial charge in [0.2, 0.25) is 0 Å². The minimum atomic E-state index is 0.389. The molecule has 1 saturated carbocycles. The smallest absolute Gasteiger partial charge is 0.181 e. The fraction of sp³-hybridized carbons (Fsp3) is 0.562. The molecule has 98 valence electrons. The van der Waals surface area contributed by atoms with Crippen LogP contribution in [0.15, 0.2) is 6.07 Å². The van der Waals surface area contributed by atoms with E-state index in [9.17, 15) is 4.79 Å². The molecule has 1 nitrogen and oxygen atoms in total. The first-order chi connectivity index (χ1) is 8.50. The highest BCUT2D eigenvalue weighted by Crippen LogP contribution is 2.38. The maximum Gasteiger partial charge on any atom is 0.181 e. The topological polar surface area (TPSA) is 17.1 Å². The van der Waals surface area contributed by atoms with E-state index in [1.807, 2.05) is 0 Å². The van der Waals surface area contributed by atoms with Crippen LogP contribution in [0.4, 0.5) is 0 Å². The average molecular weight is 262 g/mol. The molecule has 1 fully saturated rings. The number of carbonyl (C=O) groups is 1. The zero-order valence-corrected chi connectivity index (χ0v) is 12.9. The van der Waals surface area contributed by atoms with Gasteiger partial charge >= 0.3 is 0 Å². The van der Waals surface area contributed by atoms with Gasteiger partial charge in [0.25, 0.3) is 0 Å². The van der Waals surface area contributed by atoms with Gasteiger partial charge in [-0.25, -0.2) is 0 Å². The first-order valence-corrected chi connectivity index (χ1v) is 7.96. The van der Waals surface area contributed by atoms with Crippen LogP contribution in [0.25, 0.3) is 0 Å². The molecule has 0 radical (unpaired) electrons. The Bertz CT molecular complexity index is 470. The van der Waals surface area contributed by atoms with Crippen LogP contribution in [0.3, 0.4) is 0 Å². The van der Waals surface area contributed by atoms with E-state index in [1.165, 1.54) is 42.4 Å². The predicted octanol–water partition coefficient (Wildman–Crippen LogP) is 4.68. The molecule has 0 saturated heterocycles. The summed E-state index contributed by atoms with van der Waals surface area (Å²) >= 11 is 0. The molecule has 0 spiro atoms. The zero-order valence-electron chi connectivity index (χ0n) is 11.9. The summed E-state index contributed by atoms with van der Waals surface area (Å²) in [5, 5.41) is 0. The van der Waals surface area contributed by atoms with Gasteiger partial charge in [0.05, 0.1) is 0 Å². The summed E-state index contributed by atoms with van der Waals surface area (Å²) in [6.07, 6.45) is 5.14. The Balaban J connectivity index is 2.26. The summed E-state index contributed by atoms with van der Waals surface area (Å²) in [7, 11) is 0.484. The molecular formula is C16H23OP. The molecule has 2 heteroatoms. The fourth-order valence-corrected chi connectivity index (χ4v) is 4.56. The third-order valence-electron chi connectivity index (χ3n) is 4.27. The van der Waals surface area contributed by atoms with E-state index in [0.29, 0.717) is 19.8 Å². The van der Waals surface area contributed by atoms with Crippen LogP contribution >= 0.6 is 8.58 Å². The van der Waals surface area contributed by atoms with Crippen molar-refractivity contribution in [3.8, 4) is 0 Å². The predicted molar refractivity (Wildman–Crippen MR) is 80.3 cm³/mol. The van der Waals surface area contributed by atoms with Crippen molar-refractivity contribution < 1.29 is 4.79 Å².